The van der Waals surface area contributed by atoms with Crippen LogP contribution in [0.2, 0.25) is 0 Å². The SMILES string of the molecule is Cc1nc(-c2ccccn2)c2c(n1)N(C)C(C)C(=O)N2C. The minimum Gasteiger partial charge on any atom is -0.346 e. The fourth-order valence-corrected chi connectivity index (χ4v) is 2.53. The zero-order valence-corrected chi connectivity index (χ0v) is 12.5. The van der Waals surface area contributed by atoms with E-state index < -0.39 is 0 Å². The van der Waals surface area contributed by atoms with E-state index in [4.69, 9.17) is 0 Å². The standard InChI is InChI=1S/C15H17N5O/c1-9-15(21)20(4)13-12(11-7-5-6-8-16-11)17-10(2)18-14(13)19(9)3/h5-9H,1-4H3. The zero-order valence-electron chi connectivity index (χ0n) is 12.5. The highest BCUT2D eigenvalue weighted by Crippen LogP contribution is 2.39. The molecule has 3 rings (SSSR count). The third-order valence-electron chi connectivity index (χ3n) is 3.82. The smallest absolute Gasteiger partial charge is 0.249 e. The van der Waals surface area contributed by atoms with Crippen molar-refractivity contribution in [2.45, 2.75) is 19.9 Å². The Labute approximate surface area is 123 Å². The van der Waals surface area contributed by atoms with E-state index >= 15 is 0 Å². The lowest BCUT2D eigenvalue weighted by Gasteiger charge is -2.37. The van der Waals surface area contributed by atoms with Gasteiger partial charge < -0.3 is 9.80 Å². The van der Waals surface area contributed by atoms with Crippen molar-refractivity contribution in [1.29, 1.82) is 0 Å². The maximum atomic E-state index is 12.4. The first-order valence-electron chi connectivity index (χ1n) is 6.81. The fraction of sp³-hybridized carbons (Fsp3) is 0.333. The molecule has 0 fully saturated rings. The van der Waals surface area contributed by atoms with Crippen molar-refractivity contribution < 1.29 is 4.79 Å². The molecule has 1 atom stereocenters. The summed E-state index contributed by atoms with van der Waals surface area (Å²) >= 11 is 0. The lowest BCUT2D eigenvalue weighted by atomic mass is 10.1. The minimum atomic E-state index is -0.242. The van der Waals surface area contributed by atoms with Crippen LogP contribution in [0, 0.1) is 6.92 Å². The monoisotopic (exact) mass is 283 g/mol. The third kappa shape index (κ3) is 2.03. The van der Waals surface area contributed by atoms with Crippen LogP contribution in [0.4, 0.5) is 11.5 Å². The van der Waals surface area contributed by atoms with Gasteiger partial charge in [0.2, 0.25) is 5.91 Å². The molecule has 1 amide bonds. The maximum Gasteiger partial charge on any atom is 0.249 e. The van der Waals surface area contributed by atoms with Gasteiger partial charge >= 0.3 is 0 Å². The van der Waals surface area contributed by atoms with E-state index in [0.29, 0.717) is 17.2 Å². The predicted molar refractivity (Wildman–Crippen MR) is 81.3 cm³/mol. The van der Waals surface area contributed by atoms with Crippen LogP contribution < -0.4 is 9.80 Å². The van der Waals surface area contributed by atoms with E-state index in [2.05, 4.69) is 15.0 Å². The molecule has 21 heavy (non-hydrogen) atoms. The third-order valence-corrected chi connectivity index (χ3v) is 3.82. The van der Waals surface area contributed by atoms with Gasteiger partial charge in [-0.2, -0.15) is 0 Å². The number of hydrogen-bond acceptors (Lipinski definition) is 5. The number of nitrogens with zero attached hydrogens (tertiary/aromatic N) is 5. The minimum absolute atomic E-state index is 0.0228. The van der Waals surface area contributed by atoms with Gasteiger partial charge in [0.05, 0.1) is 5.69 Å². The number of likely N-dealkylation sites (N-methyl/N-ethyl adjacent to an activating group) is 2. The van der Waals surface area contributed by atoms with Gasteiger partial charge in [-0.25, -0.2) is 9.97 Å². The summed E-state index contributed by atoms with van der Waals surface area (Å²) in [7, 11) is 3.64. The van der Waals surface area contributed by atoms with E-state index in [1.54, 1.807) is 18.1 Å². The van der Waals surface area contributed by atoms with Gasteiger partial charge in [-0.3, -0.25) is 9.78 Å². The fourth-order valence-electron chi connectivity index (χ4n) is 2.53. The van der Waals surface area contributed by atoms with Gasteiger partial charge in [-0.15, -0.1) is 0 Å². The molecule has 2 aromatic rings. The first-order valence-corrected chi connectivity index (χ1v) is 6.81. The summed E-state index contributed by atoms with van der Waals surface area (Å²) in [6, 6.07) is 5.41. The van der Waals surface area contributed by atoms with Gasteiger partial charge in [-0.1, -0.05) is 6.07 Å². The van der Waals surface area contributed by atoms with Crippen molar-refractivity contribution in [3.8, 4) is 11.4 Å². The molecular weight excluding hydrogens is 266 g/mol. The highest BCUT2D eigenvalue weighted by atomic mass is 16.2. The van der Waals surface area contributed by atoms with Crippen LogP contribution in [0.3, 0.4) is 0 Å². The van der Waals surface area contributed by atoms with E-state index in [1.165, 1.54) is 0 Å². The molecule has 0 saturated heterocycles. The summed E-state index contributed by atoms with van der Waals surface area (Å²) in [5.74, 6) is 1.45. The van der Waals surface area contributed by atoms with Crippen LogP contribution in [-0.2, 0) is 4.79 Å². The Morgan fingerprint density at radius 3 is 2.62 bits per heavy atom. The first-order chi connectivity index (χ1) is 10.0. The second-order valence-corrected chi connectivity index (χ2v) is 5.19. The second kappa shape index (κ2) is 4.80. The molecule has 0 N–H and O–H groups in total. The van der Waals surface area contributed by atoms with E-state index in [1.807, 2.05) is 44.0 Å². The summed E-state index contributed by atoms with van der Waals surface area (Å²) in [4.78, 5) is 29.3. The van der Waals surface area contributed by atoms with Crippen molar-refractivity contribution in [3.05, 3.63) is 30.2 Å². The molecule has 0 bridgehead atoms. The van der Waals surface area contributed by atoms with Crippen molar-refractivity contribution in [1.82, 2.24) is 15.0 Å². The van der Waals surface area contributed by atoms with Crippen LogP contribution in [0.15, 0.2) is 24.4 Å². The Hall–Kier alpha value is -2.50. The maximum absolute atomic E-state index is 12.4. The summed E-state index contributed by atoms with van der Waals surface area (Å²) in [6.07, 6.45) is 1.72. The number of hydrogen-bond donors (Lipinski definition) is 0. The normalized spacial score (nSPS) is 17.9. The number of carbonyl (C=O) groups excluding carboxylic acids is 1. The number of carbonyl (C=O) groups is 1. The lowest BCUT2D eigenvalue weighted by molar-refractivity contribution is -0.119. The first kappa shape index (κ1) is 13.5. The number of aromatic nitrogens is 3. The van der Waals surface area contributed by atoms with Crippen LogP contribution in [-0.4, -0.2) is 41.0 Å². The summed E-state index contributed by atoms with van der Waals surface area (Å²) in [5, 5.41) is 0. The highest BCUT2D eigenvalue weighted by Gasteiger charge is 2.35. The number of rotatable bonds is 1. The Morgan fingerprint density at radius 2 is 1.95 bits per heavy atom. The molecule has 1 unspecified atom stereocenters. The molecule has 0 spiro atoms. The molecule has 6 heteroatoms. The Morgan fingerprint density at radius 1 is 1.19 bits per heavy atom. The Balaban J connectivity index is 2.29. The van der Waals surface area contributed by atoms with E-state index in [0.717, 1.165) is 11.5 Å². The number of amides is 1. The van der Waals surface area contributed by atoms with Crippen LogP contribution in [0.25, 0.3) is 11.4 Å². The topological polar surface area (TPSA) is 62.2 Å². The number of fused-ring (bicyclic) bond motifs is 1. The molecule has 2 aromatic heterocycles. The molecular formula is C15H17N5O. The van der Waals surface area contributed by atoms with Gasteiger partial charge in [0.25, 0.3) is 0 Å². The van der Waals surface area contributed by atoms with Crippen molar-refractivity contribution in [2.24, 2.45) is 0 Å². The van der Waals surface area contributed by atoms with Crippen molar-refractivity contribution in [3.63, 3.8) is 0 Å². The Bertz CT molecular complexity index is 701. The molecule has 3 heterocycles. The summed E-state index contributed by atoms with van der Waals surface area (Å²) < 4.78 is 0. The molecule has 0 saturated carbocycles. The van der Waals surface area contributed by atoms with Crippen LogP contribution in [0.5, 0.6) is 0 Å². The zero-order chi connectivity index (χ0) is 15.1. The average molecular weight is 283 g/mol. The molecule has 6 nitrogen and oxygen atoms in total. The summed E-state index contributed by atoms with van der Waals surface area (Å²) in [6.45, 7) is 3.72. The molecule has 0 radical (unpaired) electrons. The quantitative estimate of drug-likeness (QED) is 0.796. The van der Waals surface area contributed by atoms with Crippen molar-refractivity contribution >= 4 is 17.4 Å². The highest BCUT2D eigenvalue weighted by molar-refractivity contribution is 6.07. The average Bonchev–Trinajstić information content (AvgIpc) is 2.51. The lowest BCUT2D eigenvalue weighted by Crippen LogP contribution is -2.49. The second-order valence-electron chi connectivity index (χ2n) is 5.19. The van der Waals surface area contributed by atoms with Gasteiger partial charge in [0, 0.05) is 20.3 Å². The predicted octanol–water partition coefficient (Wildman–Crippen LogP) is 1.65. The largest absolute Gasteiger partial charge is 0.346 e. The summed E-state index contributed by atoms with van der Waals surface area (Å²) in [5.41, 5.74) is 2.14. The molecule has 1 aliphatic rings. The molecule has 0 aliphatic carbocycles. The van der Waals surface area contributed by atoms with Crippen LogP contribution in [0.1, 0.15) is 12.7 Å². The van der Waals surface area contributed by atoms with E-state index in [-0.39, 0.29) is 11.9 Å². The van der Waals surface area contributed by atoms with Crippen LogP contribution >= 0.6 is 0 Å². The van der Waals surface area contributed by atoms with Gasteiger partial charge in [-0.05, 0) is 26.0 Å². The number of pyridine rings is 1. The van der Waals surface area contributed by atoms with Gasteiger partial charge in [0.15, 0.2) is 5.82 Å². The number of aryl methyl sites for hydroxylation is 1. The van der Waals surface area contributed by atoms with Crippen molar-refractivity contribution in [2.75, 3.05) is 23.9 Å². The number of anilines is 2. The molecule has 1 aliphatic heterocycles. The Kier molecular flexibility index (Phi) is 3.08. The molecule has 108 valence electrons. The van der Waals surface area contributed by atoms with Gasteiger partial charge in [0.1, 0.15) is 23.2 Å². The molecule has 0 aromatic carbocycles. The van der Waals surface area contributed by atoms with E-state index in [9.17, 15) is 4.79 Å².